The van der Waals surface area contributed by atoms with E-state index in [4.69, 9.17) is 5.73 Å². The van der Waals surface area contributed by atoms with Gasteiger partial charge in [0.15, 0.2) is 0 Å². The molecule has 1 unspecified atom stereocenters. The number of hydrogen-bond donors (Lipinski definition) is 1. The van der Waals surface area contributed by atoms with Gasteiger partial charge in [0.25, 0.3) is 5.91 Å². The highest BCUT2D eigenvalue weighted by molar-refractivity contribution is 7.16. The third-order valence-corrected chi connectivity index (χ3v) is 4.30. The first-order valence-electron chi connectivity index (χ1n) is 5.65. The Morgan fingerprint density at radius 3 is 2.81 bits per heavy atom. The van der Waals surface area contributed by atoms with Crippen LogP contribution in [0.2, 0.25) is 0 Å². The number of hydrogen-bond acceptors (Lipinski definition) is 3. The number of rotatable bonds is 1. The van der Waals surface area contributed by atoms with Gasteiger partial charge in [0.1, 0.15) is 0 Å². The second-order valence-corrected chi connectivity index (χ2v) is 5.81. The Bertz CT molecular complexity index is 423. The number of amides is 1. The highest BCUT2D eigenvalue weighted by Gasteiger charge is 2.28. The molecule has 1 aromatic heterocycles. The van der Waals surface area contributed by atoms with E-state index in [0.29, 0.717) is 10.9 Å². The molecule has 4 heteroatoms. The van der Waals surface area contributed by atoms with Gasteiger partial charge in [-0.05, 0) is 30.7 Å². The number of nitrogens with two attached hydrogens (primary N) is 1. The van der Waals surface area contributed by atoms with E-state index >= 15 is 0 Å². The van der Waals surface area contributed by atoms with E-state index in [1.165, 1.54) is 16.9 Å². The number of carbonyl (C=O) groups is 1. The van der Waals surface area contributed by atoms with Crippen molar-refractivity contribution in [1.82, 2.24) is 4.90 Å². The zero-order valence-corrected chi connectivity index (χ0v) is 10.9. The molecule has 1 aromatic rings. The fourth-order valence-corrected chi connectivity index (χ4v) is 3.60. The van der Waals surface area contributed by atoms with Crippen molar-refractivity contribution in [1.29, 1.82) is 0 Å². The Morgan fingerprint density at radius 2 is 2.19 bits per heavy atom. The molecule has 0 fully saturated rings. The van der Waals surface area contributed by atoms with Crippen LogP contribution >= 0.6 is 11.3 Å². The molecule has 2 rings (SSSR count). The number of anilines is 1. The summed E-state index contributed by atoms with van der Waals surface area (Å²) in [6.45, 7) is 2.19. The quantitative estimate of drug-likeness (QED) is 0.817. The van der Waals surface area contributed by atoms with Gasteiger partial charge in [-0.1, -0.05) is 6.92 Å². The minimum absolute atomic E-state index is 0.0451. The van der Waals surface area contributed by atoms with E-state index < -0.39 is 0 Å². The number of nitrogen functional groups attached to an aromatic ring is 1. The van der Waals surface area contributed by atoms with E-state index in [1.807, 2.05) is 0 Å². The third kappa shape index (κ3) is 1.71. The van der Waals surface area contributed by atoms with Crippen LogP contribution in [0.25, 0.3) is 0 Å². The van der Waals surface area contributed by atoms with E-state index in [1.54, 1.807) is 30.3 Å². The first-order valence-corrected chi connectivity index (χ1v) is 6.46. The molecule has 2 N–H and O–H groups in total. The molecule has 16 heavy (non-hydrogen) atoms. The maximum Gasteiger partial charge on any atom is 0.256 e. The largest absolute Gasteiger partial charge is 0.390 e. The molecule has 0 bridgehead atoms. The SMILES string of the molecule is CC1CCCc2sc(N)c(C(=O)N(C)C)c21. The molecule has 0 aliphatic heterocycles. The second-order valence-electron chi connectivity index (χ2n) is 4.67. The lowest BCUT2D eigenvalue weighted by molar-refractivity contribution is 0.0827. The number of nitrogens with zero attached hydrogens (tertiary/aromatic N) is 1. The van der Waals surface area contributed by atoms with Gasteiger partial charge in [-0.2, -0.15) is 0 Å². The topological polar surface area (TPSA) is 46.3 Å². The van der Waals surface area contributed by atoms with Crippen molar-refractivity contribution in [3.05, 3.63) is 16.0 Å². The van der Waals surface area contributed by atoms with Crippen molar-refractivity contribution in [3.8, 4) is 0 Å². The summed E-state index contributed by atoms with van der Waals surface area (Å²) in [5.74, 6) is 0.514. The maximum atomic E-state index is 12.1. The number of fused-ring (bicyclic) bond motifs is 1. The molecule has 1 heterocycles. The van der Waals surface area contributed by atoms with Gasteiger partial charge < -0.3 is 10.6 Å². The maximum absolute atomic E-state index is 12.1. The Kier molecular flexibility index (Phi) is 2.93. The normalized spacial score (nSPS) is 19.3. The van der Waals surface area contributed by atoms with Gasteiger partial charge in [0.05, 0.1) is 10.6 Å². The van der Waals surface area contributed by atoms with Crippen LogP contribution in [0.3, 0.4) is 0 Å². The lowest BCUT2D eigenvalue weighted by atomic mass is 9.86. The van der Waals surface area contributed by atoms with Crippen LogP contribution in [0.4, 0.5) is 5.00 Å². The average molecular weight is 238 g/mol. The molecule has 1 aliphatic carbocycles. The molecule has 88 valence electrons. The second kappa shape index (κ2) is 4.09. The molecule has 0 aromatic carbocycles. The summed E-state index contributed by atoms with van der Waals surface area (Å²) in [5.41, 5.74) is 7.97. The Morgan fingerprint density at radius 1 is 1.50 bits per heavy atom. The van der Waals surface area contributed by atoms with E-state index in [-0.39, 0.29) is 5.91 Å². The van der Waals surface area contributed by atoms with Crippen LogP contribution < -0.4 is 5.73 Å². The van der Waals surface area contributed by atoms with Gasteiger partial charge in [-0.25, -0.2) is 0 Å². The predicted octanol–water partition coefficient (Wildman–Crippen LogP) is 2.47. The third-order valence-electron chi connectivity index (χ3n) is 3.20. The summed E-state index contributed by atoms with van der Waals surface area (Å²) in [5, 5.41) is 0.692. The molecule has 1 amide bonds. The van der Waals surface area contributed by atoms with Crippen LogP contribution in [0.1, 0.15) is 46.5 Å². The minimum Gasteiger partial charge on any atom is -0.390 e. The summed E-state index contributed by atoms with van der Waals surface area (Å²) in [6, 6.07) is 0. The Hall–Kier alpha value is -1.03. The predicted molar refractivity (Wildman–Crippen MR) is 68.1 cm³/mol. The van der Waals surface area contributed by atoms with Crippen LogP contribution in [0.5, 0.6) is 0 Å². The Balaban J connectivity index is 2.52. The summed E-state index contributed by atoms with van der Waals surface area (Å²) >= 11 is 1.60. The van der Waals surface area contributed by atoms with Gasteiger partial charge in [-0.15, -0.1) is 11.3 Å². The van der Waals surface area contributed by atoms with E-state index in [9.17, 15) is 4.79 Å². The van der Waals surface area contributed by atoms with Crippen LogP contribution in [-0.4, -0.2) is 24.9 Å². The van der Waals surface area contributed by atoms with E-state index in [2.05, 4.69) is 6.92 Å². The monoisotopic (exact) mass is 238 g/mol. The highest BCUT2D eigenvalue weighted by atomic mass is 32.1. The first-order chi connectivity index (χ1) is 7.52. The lowest BCUT2D eigenvalue weighted by Gasteiger charge is -2.21. The molecule has 0 spiro atoms. The van der Waals surface area contributed by atoms with Crippen molar-refractivity contribution in [3.63, 3.8) is 0 Å². The molecule has 3 nitrogen and oxygen atoms in total. The van der Waals surface area contributed by atoms with Crippen molar-refractivity contribution >= 4 is 22.2 Å². The zero-order valence-electron chi connectivity index (χ0n) is 10.0. The number of thiophene rings is 1. The van der Waals surface area contributed by atoms with Gasteiger partial charge in [0.2, 0.25) is 0 Å². The summed E-state index contributed by atoms with van der Waals surface area (Å²) in [4.78, 5) is 15.0. The summed E-state index contributed by atoms with van der Waals surface area (Å²) in [7, 11) is 3.55. The molecule has 1 atom stereocenters. The highest BCUT2D eigenvalue weighted by Crippen LogP contribution is 2.42. The molecular formula is C12H18N2OS. The molecular weight excluding hydrogens is 220 g/mol. The summed E-state index contributed by atoms with van der Waals surface area (Å²) in [6.07, 6.45) is 3.45. The zero-order chi connectivity index (χ0) is 11.9. The fourth-order valence-electron chi connectivity index (χ4n) is 2.38. The number of aryl methyl sites for hydroxylation is 1. The average Bonchev–Trinajstić information content (AvgIpc) is 2.54. The minimum atomic E-state index is 0.0451. The standard InChI is InChI=1S/C12H18N2OS/c1-7-5-4-6-8-9(7)10(11(13)16-8)12(15)14(2)3/h7H,4-6,13H2,1-3H3. The van der Waals surface area contributed by atoms with Crippen molar-refractivity contribution in [2.24, 2.45) is 0 Å². The van der Waals surface area contributed by atoms with Gasteiger partial charge >= 0.3 is 0 Å². The van der Waals surface area contributed by atoms with Crippen LogP contribution in [0.15, 0.2) is 0 Å². The Labute approximate surface area is 100 Å². The van der Waals surface area contributed by atoms with Gasteiger partial charge in [-0.3, -0.25) is 4.79 Å². The summed E-state index contributed by atoms with van der Waals surface area (Å²) < 4.78 is 0. The smallest absolute Gasteiger partial charge is 0.256 e. The molecule has 0 saturated heterocycles. The van der Waals surface area contributed by atoms with Crippen molar-refractivity contribution in [2.75, 3.05) is 19.8 Å². The molecule has 0 radical (unpaired) electrons. The van der Waals surface area contributed by atoms with Gasteiger partial charge in [0, 0.05) is 19.0 Å². The van der Waals surface area contributed by atoms with Crippen molar-refractivity contribution in [2.45, 2.75) is 32.1 Å². The van der Waals surface area contributed by atoms with Crippen LogP contribution in [-0.2, 0) is 6.42 Å². The van der Waals surface area contributed by atoms with E-state index in [0.717, 1.165) is 18.4 Å². The first kappa shape index (κ1) is 11.5. The van der Waals surface area contributed by atoms with Crippen LogP contribution in [0, 0.1) is 0 Å². The number of carbonyl (C=O) groups excluding carboxylic acids is 1. The molecule has 0 saturated carbocycles. The fraction of sp³-hybridized carbons (Fsp3) is 0.583. The molecule has 1 aliphatic rings. The lowest BCUT2D eigenvalue weighted by Crippen LogP contribution is -2.24. The van der Waals surface area contributed by atoms with Crippen molar-refractivity contribution < 1.29 is 4.79 Å².